The maximum absolute atomic E-state index is 12.5. The fourth-order valence-corrected chi connectivity index (χ4v) is 4.56. The van der Waals surface area contributed by atoms with Gasteiger partial charge in [0.15, 0.2) is 11.0 Å². The summed E-state index contributed by atoms with van der Waals surface area (Å²) in [6, 6.07) is 4.46. The van der Waals surface area contributed by atoms with E-state index in [0.717, 1.165) is 41.7 Å². The maximum Gasteiger partial charge on any atom is 0.233 e. The predicted octanol–water partition coefficient (Wildman–Crippen LogP) is 3.43. The third kappa shape index (κ3) is 3.61. The molecule has 1 fully saturated rings. The number of aromatic nitrogens is 3. The number of piperidine rings is 1. The molecule has 3 heterocycles. The van der Waals surface area contributed by atoms with Crippen LogP contribution in [0.25, 0.3) is 10.7 Å². The molecular weight excluding hydrogens is 328 g/mol. The second kappa shape index (κ2) is 7.49. The van der Waals surface area contributed by atoms with Crippen LogP contribution in [0.3, 0.4) is 0 Å². The highest BCUT2D eigenvalue weighted by atomic mass is 32.2. The number of thiophene rings is 1. The van der Waals surface area contributed by atoms with Crippen LogP contribution in [0.5, 0.6) is 0 Å². The van der Waals surface area contributed by atoms with Crippen LogP contribution in [0.2, 0.25) is 0 Å². The topological polar surface area (TPSA) is 51.0 Å². The molecular formula is C16H22N4OS2. The summed E-state index contributed by atoms with van der Waals surface area (Å²) in [5, 5.41) is 11.3. The number of hydrogen-bond donors (Lipinski definition) is 0. The van der Waals surface area contributed by atoms with Gasteiger partial charge < -0.3 is 9.47 Å². The highest BCUT2D eigenvalue weighted by Crippen LogP contribution is 2.27. The van der Waals surface area contributed by atoms with E-state index in [0.29, 0.717) is 11.8 Å². The maximum atomic E-state index is 12.5. The van der Waals surface area contributed by atoms with Gasteiger partial charge in [-0.2, -0.15) is 0 Å². The summed E-state index contributed by atoms with van der Waals surface area (Å²) in [6.07, 6.45) is 4.55. The fourth-order valence-electron chi connectivity index (χ4n) is 3.02. The number of amides is 1. The van der Waals surface area contributed by atoms with Crippen LogP contribution in [-0.2, 0) is 11.8 Å². The summed E-state index contributed by atoms with van der Waals surface area (Å²) < 4.78 is 1.97. The van der Waals surface area contributed by atoms with Crippen molar-refractivity contribution >= 4 is 29.0 Å². The molecule has 2 aromatic heterocycles. The van der Waals surface area contributed by atoms with Gasteiger partial charge in [-0.15, -0.1) is 21.5 Å². The van der Waals surface area contributed by atoms with Gasteiger partial charge >= 0.3 is 0 Å². The molecule has 5 nitrogen and oxygen atoms in total. The van der Waals surface area contributed by atoms with Crippen LogP contribution in [0.4, 0.5) is 0 Å². The molecule has 7 heteroatoms. The van der Waals surface area contributed by atoms with Crippen molar-refractivity contribution in [2.45, 2.75) is 43.8 Å². The van der Waals surface area contributed by atoms with E-state index in [4.69, 9.17) is 0 Å². The van der Waals surface area contributed by atoms with Crippen molar-refractivity contribution < 1.29 is 4.79 Å². The Kier molecular flexibility index (Phi) is 5.38. The lowest BCUT2D eigenvalue weighted by molar-refractivity contribution is -0.132. The van der Waals surface area contributed by atoms with E-state index in [-0.39, 0.29) is 5.91 Å². The van der Waals surface area contributed by atoms with Crippen LogP contribution in [0.15, 0.2) is 22.7 Å². The summed E-state index contributed by atoms with van der Waals surface area (Å²) in [4.78, 5) is 15.7. The normalized spacial score (nSPS) is 18.3. The molecule has 3 rings (SSSR count). The first kappa shape index (κ1) is 16.5. The van der Waals surface area contributed by atoms with Gasteiger partial charge in [0.25, 0.3) is 0 Å². The summed E-state index contributed by atoms with van der Waals surface area (Å²) in [5.41, 5.74) is 0. The molecule has 1 amide bonds. The average molecular weight is 351 g/mol. The number of likely N-dealkylation sites (tertiary alicyclic amines) is 1. The second-order valence-electron chi connectivity index (χ2n) is 5.78. The minimum atomic E-state index is 0.224. The molecule has 1 saturated heterocycles. The standard InChI is InChI=1S/C16H22N4OS2/c1-3-12-7-4-5-9-20(12)14(21)11-23-16-18-17-15(19(16)2)13-8-6-10-22-13/h6,8,10,12H,3-5,7,9,11H2,1-2H3. The number of rotatable bonds is 5. The molecule has 23 heavy (non-hydrogen) atoms. The van der Waals surface area contributed by atoms with Gasteiger partial charge in [0.2, 0.25) is 5.91 Å². The Balaban J connectivity index is 1.63. The van der Waals surface area contributed by atoms with E-state index in [1.165, 1.54) is 18.2 Å². The lowest BCUT2D eigenvalue weighted by Gasteiger charge is -2.35. The fraction of sp³-hybridized carbons (Fsp3) is 0.562. The molecule has 0 spiro atoms. The molecule has 1 aliphatic heterocycles. The quantitative estimate of drug-likeness (QED) is 0.775. The van der Waals surface area contributed by atoms with Gasteiger partial charge in [0, 0.05) is 19.6 Å². The van der Waals surface area contributed by atoms with Crippen molar-refractivity contribution in [2.24, 2.45) is 7.05 Å². The number of carbonyl (C=O) groups is 1. The van der Waals surface area contributed by atoms with Crippen LogP contribution in [0.1, 0.15) is 32.6 Å². The van der Waals surface area contributed by atoms with Crippen molar-refractivity contribution in [3.05, 3.63) is 17.5 Å². The van der Waals surface area contributed by atoms with Gasteiger partial charge in [-0.25, -0.2) is 0 Å². The van der Waals surface area contributed by atoms with Gasteiger partial charge in [-0.3, -0.25) is 4.79 Å². The molecule has 124 valence electrons. The van der Waals surface area contributed by atoms with E-state index in [9.17, 15) is 4.79 Å². The Labute approximate surface area is 145 Å². The zero-order valence-corrected chi connectivity index (χ0v) is 15.2. The van der Waals surface area contributed by atoms with Gasteiger partial charge in [-0.1, -0.05) is 24.8 Å². The Morgan fingerprint density at radius 2 is 2.30 bits per heavy atom. The number of nitrogens with zero attached hydrogens (tertiary/aromatic N) is 4. The van der Waals surface area contributed by atoms with Crippen molar-refractivity contribution in [1.29, 1.82) is 0 Å². The summed E-state index contributed by atoms with van der Waals surface area (Å²) in [6.45, 7) is 3.07. The molecule has 1 unspecified atom stereocenters. The minimum Gasteiger partial charge on any atom is -0.339 e. The second-order valence-corrected chi connectivity index (χ2v) is 7.67. The lowest BCUT2D eigenvalue weighted by atomic mass is 10.0. The van der Waals surface area contributed by atoms with Gasteiger partial charge in [0.05, 0.1) is 10.6 Å². The smallest absolute Gasteiger partial charge is 0.233 e. The minimum absolute atomic E-state index is 0.224. The van der Waals surface area contributed by atoms with Gasteiger partial charge in [0.1, 0.15) is 0 Å². The van der Waals surface area contributed by atoms with E-state index < -0.39 is 0 Å². The molecule has 0 saturated carbocycles. The Hall–Kier alpha value is -1.34. The number of hydrogen-bond acceptors (Lipinski definition) is 5. The molecule has 0 bridgehead atoms. The highest BCUT2D eigenvalue weighted by Gasteiger charge is 2.25. The molecule has 1 aliphatic rings. The largest absolute Gasteiger partial charge is 0.339 e. The summed E-state index contributed by atoms with van der Waals surface area (Å²) in [5.74, 6) is 1.52. The van der Waals surface area contributed by atoms with E-state index in [1.54, 1.807) is 11.3 Å². The number of carbonyl (C=O) groups excluding carboxylic acids is 1. The van der Waals surface area contributed by atoms with Crippen molar-refractivity contribution in [3.63, 3.8) is 0 Å². The third-order valence-corrected chi connectivity index (χ3v) is 6.19. The zero-order chi connectivity index (χ0) is 16.2. The first-order chi connectivity index (χ1) is 11.2. The average Bonchev–Trinajstić information content (AvgIpc) is 3.22. The third-order valence-electron chi connectivity index (χ3n) is 4.32. The zero-order valence-electron chi connectivity index (χ0n) is 13.6. The van der Waals surface area contributed by atoms with Gasteiger partial charge in [-0.05, 0) is 37.1 Å². The molecule has 1 atom stereocenters. The number of thioether (sulfide) groups is 1. The monoisotopic (exact) mass is 350 g/mol. The van der Waals surface area contributed by atoms with E-state index >= 15 is 0 Å². The lowest BCUT2D eigenvalue weighted by Crippen LogP contribution is -2.44. The molecule has 0 aliphatic carbocycles. The molecule has 0 aromatic carbocycles. The SMILES string of the molecule is CCC1CCCCN1C(=O)CSc1nnc(-c2cccs2)n1C. The first-order valence-electron chi connectivity index (χ1n) is 8.06. The molecule has 2 aromatic rings. The molecule has 0 radical (unpaired) electrons. The predicted molar refractivity (Wildman–Crippen MR) is 94.7 cm³/mol. The van der Waals surface area contributed by atoms with Crippen molar-refractivity contribution in [3.8, 4) is 10.7 Å². The Morgan fingerprint density at radius 3 is 3.04 bits per heavy atom. The van der Waals surface area contributed by atoms with Crippen LogP contribution in [-0.4, -0.2) is 43.9 Å². The Morgan fingerprint density at radius 1 is 1.43 bits per heavy atom. The summed E-state index contributed by atoms with van der Waals surface area (Å²) >= 11 is 3.13. The van der Waals surface area contributed by atoms with Crippen molar-refractivity contribution in [2.75, 3.05) is 12.3 Å². The van der Waals surface area contributed by atoms with Crippen LogP contribution in [0, 0.1) is 0 Å². The van der Waals surface area contributed by atoms with E-state index in [2.05, 4.69) is 22.0 Å². The molecule has 0 N–H and O–H groups in total. The van der Waals surface area contributed by atoms with Crippen molar-refractivity contribution in [1.82, 2.24) is 19.7 Å². The first-order valence-corrected chi connectivity index (χ1v) is 9.92. The summed E-state index contributed by atoms with van der Waals surface area (Å²) in [7, 11) is 1.96. The highest BCUT2D eigenvalue weighted by molar-refractivity contribution is 7.99. The van der Waals surface area contributed by atoms with E-state index in [1.807, 2.05) is 29.1 Å². The Bertz CT molecular complexity index is 653. The van der Waals surface area contributed by atoms with Crippen LogP contribution < -0.4 is 0 Å². The van der Waals surface area contributed by atoms with Crippen LogP contribution >= 0.6 is 23.1 Å².